The smallest absolute Gasteiger partial charge is 0.231 e. The van der Waals surface area contributed by atoms with Crippen molar-refractivity contribution in [2.45, 2.75) is 26.0 Å². The molecule has 0 bridgehead atoms. The quantitative estimate of drug-likeness (QED) is 0.343. The number of rotatable bonds is 7. The number of benzene rings is 2. The van der Waals surface area contributed by atoms with Crippen molar-refractivity contribution in [2.75, 3.05) is 47.8 Å². The summed E-state index contributed by atoms with van der Waals surface area (Å²) in [5, 5.41) is 16.7. The van der Waals surface area contributed by atoms with Crippen LogP contribution in [0.1, 0.15) is 27.9 Å². The van der Waals surface area contributed by atoms with E-state index in [1.165, 1.54) is 16.7 Å². The highest BCUT2D eigenvalue weighted by atomic mass is 16.3. The lowest BCUT2D eigenvalue weighted by Gasteiger charge is -2.34. The summed E-state index contributed by atoms with van der Waals surface area (Å²) in [5.41, 5.74) is 6.47. The van der Waals surface area contributed by atoms with Gasteiger partial charge in [0.25, 0.3) is 0 Å². The van der Waals surface area contributed by atoms with Crippen LogP contribution in [0.3, 0.4) is 0 Å². The Balaban J connectivity index is 1.09. The third kappa shape index (κ3) is 5.41. The maximum atomic E-state index is 9.95. The zero-order valence-electron chi connectivity index (χ0n) is 21.2. The van der Waals surface area contributed by atoms with E-state index in [2.05, 4.69) is 70.7 Å². The number of fused-ring (bicyclic) bond motifs is 1. The largest absolute Gasteiger partial charge is 0.390 e. The van der Waals surface area contributed by atoms with Gasteiger partial charge in [0.2, 0.25) is 17.8 Å². The highest BCUT2D eigenvalue weighted by Gasteiger charge is 2.22. The lowest BCUT2D eigenvalue weighted by molar-refractivity contribution is 0.275. The van der Waals surface area contributed by atoms with E-state index in [9.17, 15) is 5.11 Å². The topological polar surface area (TPSA) is 115 Å². The third-order valence-electron chi connectivity index (χ3n) is 7.08. The van der Waals surface area contributed by atoms with E-state index < -0.39 is 0 Å². The molecule has 0 saturated carbocycles. The lowest BCUT2D eigenvalue weighted by Crippen LogP contribution is -2.47. The maximum absolute atomic E-state index is 9.95. The van der Waals surface area contributed by atoms with E-state index in [1.54, 1.807) is 6.33 Å². The predicted molar refractivity (Wildman–Crippen MR) is 147 cm³/mol. The Labute approximate surface area is 221 Å². The van der Waals surface area contributed by atoms with Gasteiger partial charge >= 0.3 is 0 Å². The molecule has 2 aromatic heterocycles. The van der Waals surface area contributed by atoms with Gasteiger partial charge in [0, 0.05) is 51.0 Å². The van der Waals surface area contributed by atoms with Gasteiger partial charge in [-0.2, -0.15) is 4.98 Å². The minimum Gasteiger partial charge on any atom is -0.390 e. The molecule has 10 heteroatoms. The molecular formula is C28H31N9O. The Hall–Kier alpha value is -4.15. The lowest BCUT2D eigenvalue weighted by atomic mass is 10.0. The number of aromatic nitrogens is 5. The van der Waals surface area contributed by atoms with Crippen LogP contribution in [0.25, 0.3) is 0 Å². The van der Waals surface area contributed by atoms with E-state index in [0.29, 0.717) is 30.0 Å². The summed E-state index contributed by atoms with van der Waals surface area (Å²) in [7, 11) is 0. The summed E-state index contributed by atoms with van der Waals surface area (Å²) in [6.45, 7) is 4.73. The molecule has 2 aromatic carbocycles. The van der Waals surface area contributed by atoms with Crippen LogP contribution in [0.2, 0.25) is 0 Å². The van der Waals surface area contributed by atoms with Crippen molar-refractivity contribution < 1.29 is 5.11 Å². The normalized spacial score (nSPS) is 15.3. The number of aliphatic hydroxyl groups is 1. The number of piperazine rings is 1. The zero-order valence-corrected chi connectivity index (χ0v) is 21.2. The molecule has 194 valence electrons. The van der Waals surface area contributed by atoms with Crippen LogP contribution in [0.15, 0.2) is 61.1 Å². The van der Waals surface area contributed by atoms with Gasteiger partial charge in [-0.1, -0.05) is 36.4 Å². The average Bonchev–Trinajstić information content (AvgIpc) is 2.98. The molecule has 0 spiro atoms. The first-order chi connectivity index (χ1) is 18.7. The standard InChI is InChI=1S/C28H31N9O/c38-18-25-23(14-20-4-2-1-3-5-20)17-30-27(34-25)36-10-12-37(13-11-36)28-32-19-31-26(35-28)33-24-7-6-21-8-9-29-16-22(21)15-24/h1-7,15,17,19,29,38H,8-14,16,18H2,(H,31,32,33,35). The van der Waals surface area contributed by atoms with Crippen LogP contribution in [0.4, 0.5) is 23.5 Å². The molecule has 10 nitrogen and oxygen atoms in total. The molecule has 0 radical (unpaired) electrons. The molecule has 0 aliphatic carbocycles. The third-order valence-corrected chi connectivity index (χ3v) is 7.08. The van der Waals surface area contributed by atoms with Gasteiger partial charge in [-0.3, -0.25) is 0 Å². The maximum Gasteiger partial charge on any atom is 0.231 e. The number of anilines is 4. The average molecular weight is 510 g/mol. The zero-order chi connectivity index (χ0) is 25.7. The molecule has 4 aromatic rings. The number of aliphatic hydroxyl groups excluding tert-OH is 1. The van der Waals surface area contributed by atoms with E-state index in [-0.39, 0.29) is 6.61 Å². The second-order valence-corrected chi connectivity index (χ2v) is 9.58. The summed E-state index contributed by atoms with van der Waals surface area (Å²) in [4.78, 5) is 27.0. The van der Waals surface area contributed by atoms with Crippen LogP contribution < -0.4 is 20.4 Å². The summed E-state index contributed by atoms with van der Waals surface area (Å²) in [6, 6.07) is 16.6. The fourth-order valence-corrected chi connectivity index (χ4v) is 4.98. The fourth-order valence-electron chi connectivity index (χ4n) is 4.98. The Morgan fingerprint density at radius 3 is 2.45 bits per heavy atom. The van der Waals surface area contributed by atoms with Crippen molar-refractivity contribution in [2.24, 2.45) is 0 Å². The van der Waals surface area contributed by atoms with Gasteiger partial charge in [0.05, 0.1) is 12.3 Å². The number of hydrogen-bond donors (Lipinski definition) is 3. The molecule has 3 N–H and O–H groups in total. The minimum absolute atomic E-state index is 0.112. The van der Waals surface area contributed by atoms with Gasteiger partial charge in [-0.05, 0) is 47.4 Å². The highest BCUT2D eigenvalue weighted by Crippen LogP contribution is 2.22. The Morgan fingerprint density at radius 1 is 0.868 bits per heavy atom. The molecule has 0 amide bonds. The van der Waals surface area contributed by atoms with Crippen molar-refractivity contribution in [3.05, 3.63) is 89.0 Å². The molecule has 6 rings (SSSR count). The molecule has 2 aliphatic rings. The summed E-state index contributed by atoms with van der Waals surface area (Å²) in [5.74, 6) is 1.83. The number of nitrogens with one attached hydrogen (secondary N) is 2. The molecule has 0 unspecified atom stereocenters. The van der Waals surface area contributed by atoms with Crippen LogP contribution in [0.5, 0.6) is 0 Å². The second kappa shape index (κ2) is 11.1. The van der Waals surface area contributed by atoms with Gasteiger partial charge in [0.15, 0.2) is 0 Å². The summed E-state index contributed by atoms with van der Waals surface area (Å²) >= 11 is 0. The molecule has 4 heterocycles. The van der Waals surface area contributed by atoms with Gasteiger partial charge in [-0.15, -0.1) is 0 Å². The van der Waals surface area contributed by atoms with Crippen molar-refractivity contribution in [1.82, 2.24) is 30.2 Å². The Bertz CT molecular complexity index is 1390. The van der Waals surface area contributed by atoms with Crippen LogP contribution in [-0.4, -0.2) is 62.8 Å². The Morgan fingerprint density at radius 2 is 1.66 bits per heavy atom. The minimum atomic E-state index is -0.112. The molecule has 1 saturated heterocycles. The van der Waals surface area contributed by atoms with Gasteiger partial charge in [0.1, 0.15) is 6.33 Å². The summed E-state index contributed by atoms with van der Waals surface area (Å²) < 4.78 is 0. The molecule has 2 aliphatic heterocycles. The Kier molecular flexibility index (Phi) is 7.05. The first-order valence-electron chi connectivity index (χ1n) is 13.0. The van der Waals surface area contributed by atoms with Gasteiger partial charge in [-0.25, -0.2) is 19.9 Å². The molecule has 0 atom stereocenters. The second-order valence-electron chi connectivity index (χ2n) is 9.58. The van der Waals surface area contributed by atoms with E-state index in [1.807, 2.05) is 24.4 Å². The monoisotopic (exact) mass is 509 g/mol. The SMILES string of the molecule is OCc1nc(N2CCN(c3ncnc(Nc4ccc5c(c4)CNCC5)n3)CC2)ncc1Cc1ccccc1. The number of hydrogen-bond acceptors (Lipinski definition) is 10. The van der Waals surface area contributed by atoms with E-state index in [0.717, 1.165) is 56.9 Å². The summed E-state index contributed by atoms with van der Waals surface area (Å²) in [6.07, 6.45) is 5.15. The molecular weight excluding hydrogens is 478 g/mol. The molecule has 38 heavy (non-hydrogen) atoms. The predicted octanol–water partition coefficient (Wildman–Crippen LogP) is 2.46. The van der Waals surface area contributed by atoms with Crippen LogP contribution in [0, 0.1) is 0 Å². The van der Waals surface area contributed by atoms with Crippen molar-refractivity contribution in [3.8, 4) is 0 Å². The highest BCUT2D eigenvalue weighted by molar-refractivity contribution is 5.57. The van der Waals surface area contributed by atoms with Crippen LogP contribution in [-0.2, 0) is 26.0 Å². The number of nitrogens with zero attached hydrogens (tertiary/aromatic N) is 7. The first-order valence-corrected chi connectivity index (χ1v) is 13.0. The first kappa shape index (κ1) is 24.2. The molecule has 1 fully saturated rings. The fraction of sp³-hybridized carbons (Fsp3) is 0.321. The van der Waals surface area contributed by atoms with Crippen molar-refractivity contribution >= 4 is 23.5 Å². The van der Waals surface area contributed by atoms with Crippen molar-refractivity contribution in [1.29, 1.82) is 0 Å². The van der Waals surface area contributed by atoms with E-state index in [4.69, 9.17) is 4.98 Å². The van der Waals surface area contributed by atoms with E-state index >= 15 is 0 Å². The van der Waals surface area contributed by atoms with Gasteiger partial charge < -0.3 is 25.5 Å². The van der Waals surface area contributed by atoms with Crippen LogP contribution >= 0.6 is 0 Å². The van der Waals surface area contributed by atoms with Crippen molar-refractivity contribution in [3.63, 3.8) is 0 Å².